The van der Waals surface area contributed by atoms with E-state index < -0.39 is 12.1 Å². The molecule has 0 aliphatic heterocycles. The topological polar surface area (TPSA) is 148 Å². The maximum Gasteiger partial charge on any atom is 0.300 e. The van der Waals surface area contributed by atoms with Crippen molar-refractivity contribution in [2.75, 3.05) is 13.7 Å². The highest BCUT2D eigenvalue weighted by atomic mass is 16.5. The molecule has 0 heterocycles. The highest BCUT2D eigenvalue weighted by molar-refractivity contribution is 5.62. The molecular weight excluding hydrogens is 240 g/mol. The quantitative estimate of drug-likeness (QED) is 0.535. The summed E-state index contributed by atoms with van der Waals surface area (Å²) in [6, 6.07) is 4.63. The van der Waals surface area contributed by atoms with Crippen LogP contribution in [0, 0.1) is 0 Å². The predicted octanol–water partition coefficient (Wildman–Crippen LogP) is 0.646. The minimum Gasteiger partial charge on any atom is -0.504 e. The number of phenolic OH excluding ortho intramolecular Hbond substituents is 1. The summed E-state index contributed by atoms with van der Waals surface area (Å²) in [6.07, 6.45) is -0.713. The van der Waals surface area contributed by atoms with Crippen molar-refractivity contribution in [1.29, 1.82) is 0 Å². The summed E-state index contributed by atoms with van der Waals surface area (Å²) in [5.74, 6) is -0.444. The van der Waals surface area contributed by atoms with Crippen molar-refractivity contribution in [3.63, 3.8) is 0 Å². The van der Waals surface area contributed by atoms with Gasteiger partial charge in [0.25, 0.3) is 5.97 Å². The molecule has 0 spiro atoms. The molecule has 0 fully saturated rings. The van der Waals surface area contributed by atoms with E-state index in [1.165, 1.54) is 13.2 Å². The Morgan fingerprint density at radius 3 is 2.39 bits per heavy atom. The molecule has 1 aromatic rings. The van der Waals surface area contributed by atoms with Crippen LogP contribution in [0.3, 0.4) is 0 Å². The molecule has 0 aliphatic rings. The number of methoxy groups -OCH3 is 1. The standard InChI is InChI=1S/C9H13NO3.C2H4O2.H3N/c1-13-9-4-6(8(12)5-10)2-3-7(9)11;1-2(3)4;/h2-4,8,11-12H,5,10H2,1H3;1H3,(H,3,4);1H3. The van der Waals surface area contributed by atoms with Gasteiger partial charge < -0.3 is 31.9 Å². The normalized spacial score (nSPS) is 10.4. The number of nitrogens with two attached hydrogens (primary N) is 1. The monoisotopic (exact) mass is 260 g/mol. The molecular formula is C11H20N2O5. The van der Waals surface area contributed by atoms with Gasteiger partial charge in [-0.2, -0.15) is 0 Å². The Morgan fingerprint density at radius 1 is 1.50 bits per heavy atom. The zero-order valence-corrected chi connectivity index (χ0v) is 10.5. The molecule has 1 unspecified atom stereocenters. The summed E-state index contributed by atoms with van der Waals surface area (Å²) >= 11 is 0. The maximum absolute atomic E-state index is 9.38. The zero-order valence-electron chi connectivity index (χ0n) is 10.5. The fraction of sp³-hybridized carbons (Fsp3) is 0.364. The summed E-state index contributed by atoms with van der Waals surface area (Å²) in [6.45, 7) is 1.23. The van der Waals surface area contributed by atoms with Crippen molar-refractivity contribution >= 4 is 5.97 Å². The van der Waals surface area contributed by atoms with Gasteiger partial charge >= 0.3 is 0 Å². The Hall–Kier alpha value is -1.83. The average Bonchev–Trinajstić information content (AvgIpc) is 2.28. The Bertz CT molecular complexity index is 366. The van der Waals surface area contributed by atoms with Crippen molar-refractivity contribution in [2.45, 2.75) is 13.0 Å². The van der Waals surface area contributed by atoms with Crippen LogP contribution in [0.1, 0.15) is 18.6 Å². The van der Waals surface area contributed by atoms with E-state index in [0.717, 1.165) is 6.92 Å². The zero-order chi connectivity index (χ0) is 13.4. The third kappa shape index (κ3) is 6.69. The molecule has 104 valence electrons. The first-order chi connectivity index (χ1) is 7.92. The fourth-order valence-electron chi connectivity index (χ4n) is 1.04. The molecule has 0 saturated heterocycles. The SMILES string of the molecule is CC(=O)O.COc1cc(C(O)CN)ccc1O.N. The molecule has 1 aromatic carbocycles. The number of carbonyl (C=O) groups is 1. The molecule has 0 bridgehead atoms. The summed E-state index contributed by atoms with van der Waals surface area (Å²) < 4.78 is 4.88. The van der Waals surface area contributed by atoms with Crippen LogP contribution in [0.15, 0.2) is 18.2 Å². The molecule has 7 heteroatoms. The van der Waals surface area contributed by atoms with E-state index in [0.29, 0.717) is 11.3 Å². The molecule has 1 rings (SSSR count). The number of hydrogen-bond donors (Lipinski definition) is 5. The van der Waals surface area contributed by atoms with E-state index in [-0.39, 0.29) is 18.4 Å². The Balaban J connectivity index is 0. The van der Waals surface area contributed by atoms with Crippen LogP contribution in [0.5, 0.6) is 11.5 Å². The van der Waals surface area contributed by atoms with Gasteiger partial charge in [-0.05, 0) is 17.7 Å². The largest absolute Gasteiger partial charge is 0.504 e. The van der Waals surface area contributed by atoms with Crippen molar-refractivity contribution in [3.05, 3.63) is 23.8 Å². The van der Waals surface area contributed by atoms with Gasteiger partial charge in [-0.1, -0.05) is 6.07 Å². The first-order valence-corrected chi connectivity index (χ1v) is 4.87. The lowest BCUT2D eigenvalue weighted by Crippen LogP contribution is -2.11. The average molecular weight is 260 g/mol. The van der Waals surface area contributed by atoms with Gasteiger partial charge in [0.15, 0.2) is 11.5 Å². The number of hydrogen-bond acceptors (Lipinski definition) is 6. The second-order valence-corrected chi connectivity index (χ2v) is 3.20. The number of benzene rings is 1. The molecule has 18 heavy (non-hydrogen) atoms. The van der Waals surface area contributed by atoms with E-state index in [2.05, 4.69) is 0 Å². The number of aliphatic carboxylic acids is 1. The van der Waals surface area contributed by atoms with Gasteiger partial charge in [0, 0.05) is 13.5 Å². The summed E-state index contributed by atoms with van der Waals surface area (Å²) in [5, 5.41) is 26.0. The maximum atomic E-state index is 9.38. The molecule has 8 N–H and O–H groups in total. The fourth-order valence-corrected chi connectivity index (χ4v) is 1.04. The van der Waals surface area contributed by atoms with Crippen molar-refractivity contribution in [1.82, 2.24) is 6.15 Å². The number of carboxylic acid groups (broad SMARTS) is 1. The van der Waals surface area contributed by atoms with Crippen molar-refractivity contribution < 1.29 is 24.9 Å². The van der Waals surface area contributed by atoms with E-state index in [9.17, 15) is 10.2 Å². The predicted molar refractivity (Wildman–Crippen MR) is 67.0 cm³/mol. The number of aromatic hydroxyl groups is 1. The van der Waals surface area contributed by atoms with Crippen molar-refractivity contribution in [2.24, 2.45) is 5.73 Å². The molecule has 1 atom stereocenters. The van der Waals surface area contributed by atoms with Crippen LogP contribution >= 0.6 is 0 Å². The van der Waals surface area contributed by atoms with Gasteiger partial charge in [-0.25, -0.2) is 0 Å². The number of ether oxygens (including phenoxy) is 1. The second-order valence-electron chi connectivity index (χ2n) is 3.20. The van der Waals surface area contributed by atoms with E-state index in [1.54, 1.807) is 12.1 Å². The van der Waals surface area contributed by atoms with Crippen LogP contribution in [0.2, 0.25) is 0 Å². The lowest BCUT2D eigenvalue weighted by atomic mass is 10.1. The Kier molecular flexibility index (Phi) is 9.50. The molecule has 0 aliphatic carbocycles. The van der Waals surface area contributed by atoms with Crippen LogP contribution in [-0.2, 0) is 4.79 Å². The lowest BCUT2D eigenvalue weighted by Gasteiger charge is -2.10. The minimum atomic E-state index is -0.833. The summed E-state index contributed by atoms with van der Waals surface area (Å²) in [4.78, 5) is 9.00. The highest BCUT2D eigenvalue weighted by Gasteiger charge is 2.08. The number of phenols is 1. The molecule has 0 aromatic heterocycles. The summed E-state index contributed by atoms with van der Waals surface area (Å²) in [5.41, 5.74) is 5.92. The van der Waals surface area contributed by atoms with Crippen LogP contribution < -0.4 is 16.6 Å². The first kappa shape index (κ1) is 18.5. The second kappa shape index (κ2) is 9.23. The third-order valence-corrected chi connectivity index (χ3v) is 1.81. The van der Waals surface area contributed by atoms with Gasteiger partial charge in [-0.15, -0.1) is 0 Å². The lowest BCUT2D eigenvalue weighted by molar-refractivity contribution is -0.134. The number of carboxylic acids is 1. The molecule has 0 radical (unpaired) electrons. The molecule has 0 amide bonds. The first-order valence-electron chi connectivity index (χ1n) is 4.87. The van der Waals surface area contributed by atoms with Gasteiger partial charge in [0.05, 0.1) is 13.2 Å². The number of aliphatic hydroxyl groups excluding tert-OH is 1. The minimum absolute atomic E-state index is 0. The smallest absolute Gasteiger partial charge is 0.300 e. The van der Waals surface area contributed by atoms with E-state index in [4.69, 9.17) is 20.4 Å². The summed E-state index contributed by atoms with van der Waals surface area (Å²) in [7, 11) is 1.45. The number of aliphatic hydroxyl groups is 1. The van der Waals surface area contributed by atoms with Gasteiger partial charge in [0.2, 0.25) is 0 Å². The van der Waals surface area contributed by atoms with Crippen LogP contribution in [0.4, 0.5) is 0 Å². The Morgan fingerprint density at radius 2 is 2.00 bits per heavy atom. The van der Waals surface area contributed by atoms with Gasteiger partial charge in [0.1, 0.15) is 0 Å². The van der Waals surface area contributed by atoms with Crippen LogP contribution in [-0.4, -0.2) is 34.9 Å². The number of rotatable bonds is 3. The molecule has 7 nitrogen and oxygen atoms in total. The Labute approximate surface area is 105 Å². The third-order valence-electron chi connectivity index (χ3n) is 1.81. The van der Waals surface area contributed by atoms with Crippen LogP contribution in [0.25, 0.3) is 0 Å². The molecule has 0 saturated carbocycles. The van der Waals surface area contributed by atoms with E-state index in [1.807, 2.05) is 0 Å². The highest BCUT2D eigenvalue weighted by Crippen LogP contribution is 2.28. The van der Waals surface area contributed by atoms with Gasteiger partial charge in [-0.3, -0.25) is 4.79 Å². The van der Waals surface area contributed by atoms with E-state index >= 15 is 0 Å². The van der Waals surface area contributed by atoms with Crippen molar-refractivity contribution in [3.8, 4) is 11.5 Å².